The lowest BCUT2D eigenvalue weighted by molar-refractivity contribution is 0.244. The highest BCUT2D eigenvalue weighted by atomic mass is 19.1. The molecule has 0 aliphatic carbocycles. The van der Waals surface area contributed by atoms with E-state index in [1.54, 1.807) is 6.07 Å². The first-order valence-corrected chi connectivity index (χ1v) is 10.0. The Morgan fingerprint density at radius 2 is 1.93 bits per heavy atom. The van der Waals surface area contributed by atoms with E-state index in [9.17, 15) is 4.39 Å². The number of nitrogens with zero attached hydrogens (tertiary/aromatic N) is 4. The number of halogens is 1. The molecular formula is C23H27FN4O. The fraction of sp³-hybridized carbons (Fsp3) is 0.391. The van der Waals surface area contributed by atoms with Crippen molar-refractivity contribution >= 4 is 11.0 Å². The van der Waals surface area contributed by atoms with E-state index >= 15 is 0 Å². The summed E-state index contributed by atoms with van der Waals surface area (Å²) in [5.74, 6) is 0.484. The monoisotopic (exact) mass is 394 g/mol. The number of hydrogen-bond acceptors (Lipinski definition) is 5. The number of hydrogen-bond donors (Lipinski definition) is 0. The van der Waals surface area contributed by atoms with E-state index in [2.05, 4.69) is 32.9 Å². The number of methoxy groups -OCH3 is 1. The highest BCUT2D eigenvalue weighted by Crippen LogP contribution is 2.24. The molecule has 152 valence electrons. The van der Waals surface area contributed by atoms with Gasteiger partial charge in [-0.15, -0.1) is 0 Å². The molecule has 0 amide bonds. The van der Waals surface area contributed by atoms with Gasteiger partial charge in [0, 0.05) is 50.7 Å². The van der Waals surface area contributed by atoms with Gasteiger partial charge in [0.25, 0.3) is 0 Å². The van der Waals surface area contributed by atoms with E-state index < -0.39 is 0 Å². The van der Waals surface area contributed by atoms with Crippen molar-refractivity contribution in [2.24, 2.45) is 5.92 Å². The predicted octanol–water partition coefficient (Wildman–Crippen LogP) is 3.38. The first-order valence-electron chi connectivity index (χ1n) is 10.0. The molecule has 4 rings (SSSR count). The normalized spacial score (nSPS) is 18.7. The second-order valence-electron chi connectivity index (χ2n) is 7.84. The molecule has 1 aliphatic heterocycles. The molecule has 3 heterocycles. The molecule has 1 atom stereocenters. The summed E-state index contributed by atoms with van der Waals surface area (Å²) >= 11 is 0. The molecule has 1 aliphatic rings. The molecule has 0 spiro atoms. The van der Waals surface area contributed by atoms with E-state index in [0.29, 0.717) is 23.8 Å². The topological polar surface area (TPSA) is 41.5 Å². The molecule has 1 unspecified atom stereocenters. The number of likely N-dealkylation sites (N-methyl/N-ethyl adjacent to an activating group) is 1. The van der Waals surface area contributed by atoms with E-state index in [1.165, 1.54) is 12.7 Å². The van der Waals surface area contributed by atoms with Crippen molar-refractivity contribution < 1.29 is 9.13 Å². The van der Waals surface area contributed by atoms with Gasteiger partial charge in [0.2, 0.25) is 0 Å². The third-order valence-corrected chi connectivity index (χ3v) is 5.63. The maximum Gasteiger partial charge on any atom is 0.169 e. The van der Waals surface area contributed by atoms with Crippen LogP contribution in [-0.2, 0) is 13.0 Å². The molecule has 0 radical (unpaired) electrons. The van der Waals surface area contributed by atoms with Crippen LogP contribution in [-0.4, -0.2) is 60.1 Å². The van der Waals surface area contributed by atoms with E-state index in [4.69, 9.17) is 4.74 Å². The van der Waals surface area contributed by atoms with Gasteiger partial charge in [-0.1, -0.05) is 12.1 Å². The van der Waals surface area contributed by atoms with E-state index in [1.807, 2.05) is 36.7 Å². The molecule has 1 fully saturated rings. The van der Waals surface area contributed by atoms with Gasteiger partial charge in [-0.25, -0.2) is 4.39 Å². The zero-order valence-corrected chi connectivity index (χ0v) is 17.0. The molecule has 0 saturated carbocycles. The summed E-state index contributed by atoms with van der Waals surface area (Å²) in [6.45, 7) is 4.39. The zero-order chi connectivity index (χ0) is 20.2. The van der Waals surface area contributed by atoms with Crippen molar-refractivity contribution in [3.63, 3.8) is 0 Å². The molecule has 2 aromatic heterocycles. The van der Waals surface area contributed by atoms with E-state index in [-0.39, 0.29) is 5.82 Å². The number of pyridine rings is 2. The Balaban J connectivity index is 1.53. The first-order chi connectivity index (χ1) is 14.1. The zero-order valence-electron chi connectivity index (χ0n) is 17.0. The number of benzene rings is 1. The Bertz CT molecular complexity index is 975. The summed E-state index contributed by atoms with van der Waals surface area (Å²) in [6.07, 6.45) is 4.62. The van der Waals surface area contributed by atoms with Gasteiger partial charge in [-0.05, 0) is 49.2 Å². The predicted molar refractivity (Wildman–Crippen MR) is 112 cm³/mol. The third-order valence-electron chi connectivity index (χ3n) is 5.63. The Hall–Kier alpha value is -2.57. The quantitative estimate of drug-likeness (QED) is 0.664. The van der Waals surface area contributed by atoms with Gasteiger partial charge in [0.15, 0.2) is 11.6 Å². The van der Waals surface area contributed by atoms with Crippen LogP contribution in [0.2, 0.25) is 0 Å². The van der Waals surface area contributed by atoms with Crippen LogP contribution in [0.15, 0.2) is 48.8 Å². The lowest BCUT2D eigenvalue weighted by Gasteiger charge is -2.24. The van der Waals surface area contributed by atoms with Gasteiger partial charge >= 0.3 is 0 Å². The summed E-state index contributed by atoms with van der Waals surface area (Å²) in [5.41, 5.74) is 3.82. The van der Waals surface area contributed by atoms with Crippen LogP contribution < -0.4 is 4.74 Å². The van der Waals surface area contributed by atoms with Crippen molar-refractivity contribution in [1.29, 1.82) is 0 Å². The van der Waals surface area contributed by atoms with Crippen molar-refractivity contribution in [2.75, 3.05) is 40.3 Å². The maximum atomic E-state index is 14.6. The molecule has 3 aromatic rings. The molecule has 6 heteroatoms. The molecule has 0 N–H and O–H groups in total. The molecular weight excluding hydrogens is 367 g/mol. The fourth-order valence-electron chi connectivity index (χ4n) is 4.22. The lowest BCUT2D eigenvalue weighted by atomic mass is 9.97. The fourth-order valence-corrected chi connectivity index (χ4v) is 4.22. The number of fused-ring (bicyclic) bond motifs is 1. The van der Waals surface area contributed by atoms with Crippen LogP contribution in [0.4, 0.5) is 4.39 Å². The summed E-state index contributed by atoms with van der Waals surface area (Å²) < 4.78 is 19.8. The standard InChI is InChI=1S/C23H27FN4O/c1-27-11-12-28(16-19-5-3-7-21(29-2)22(19)24)15-17(14-27)13-18-8-10-25-20-6-4-9-26-23(18)20/h3-10,17H,11-16H2,1-2H3. The second kappa shape index (κ2) is 8.84. The highest BCUT2D eigenvalue weighted by molar-refractivity contribution is 5.77. The average molecular weight is 394 g/mol. The van der Waals surface area contributed by atoms with Crippen LogP contribution in [0.25, 0.3) is 11.0 Å². The Labute approximate surface area is 171 Å². The number of rotatable bonds is 5. The summed E-state index contributed by atoms with van der Waals surface area (Å²) in [5, 5.41) is 0. The Morgan fingerprint density at radius 3 is 2.79 bits per heavy atom. The van der Waals surface area contributed by atoms with Crippen LogP contribution in [0, 0.1) is 11.7 Å². The smallest absolute Gasteiger partial charge is 0.169 e. The maximum absolute atomic E-state index is 14.6. The van der Waals surface area contributed by atoms with Crippen molar-refractivity contribution in [3.05, 3.63) is 65.7 Å². The van der Waals surface area contributed by atoms with E-state index in [0.717, 1.165) is 43.6 Å². The lowest BCUT2D eigenvalue weighted by Crippen LogP contribution is -2.31. The first kappa shape index (κ1) is 19.7. The summed E-state index contributed by atoms with van der Waals surface area (Å²) in [4.78, 5) is 13.7. The Morgan fingerprint density at radius 1 is 1.03 bits per heavy atom. The number of ether oxygens (including phenoxy) is 1. The molecule has 29 heavy (non-hydrogen) atoms. The molecule has 5 nitrogen and oxygen atoms in total. The van der Waals surface area contributed by atoms with Gasteiger partial charge in [-0.2, -0.15) is 0 Å². The van der Waals surface area contributed by atoms with Gasteiger partial charge in [0.05, 0.1) is 18.1 Å². The van der Waals surface area contributed by atoms with Crippen molar-refractivity contribution in [3.8, 4) is 5.75 Å². The minimum absolute atomic E-state index is 0.256. The largest absolute Gasteiger partial charge is 0.494 e. The number of aromatic nitrogens is 2. The minimum Gasteiger partial charge on any atom is -0.494 e. The van der Waals surface area contributed by atoms with Crippen molar-refractivity contribution in [1.82, 2.24) is 19.8 Å². The average Bonchev–Trinajstić information content (AvgIpc) is 2.90. The van der Waals surface area contributed by atoms with Crippen LogP contribution >= 0.6 is 0 Å². The van der Waals surface area contributed by atoms with Gasteiger partial charge < -0.3 is 9.64 Å². The second-order valence-corrected chi connectivity index (χ2v) is 7.84. The molecule has 0 bridgehead atoms. The summed E-state index contributed by atoms with van der Waals surface area (Å²) in [7, 11) is 3.66. The molecule has 1 saturated heterocycles. The van der Waals surface area contributed by atoms with Crippen LogP contribution in [0.3, 0.4) is 0 Å². The SMILES string of the molecule is COc1cccc(CN2CCN(C)CC(Cc3ccnc4cccnc34)C2)c1F. The highest BCUT2D eigenvalue weighted by Gasteiger charge is 2.23. The minimum atomic E-state index is -0.256. The van der Waals surface area contributed by atoms with Crippen LogP contribution in [0.5, 0.6) is 5.75 Å². The van der Waals surface area contributed by atoms with Crippen molar-refractivity contribution in [2.45, 2.75) is 13.0 Å². The van der Waals surface area contributed by atoms with Gasteiger partial charge in [-0.3, -0.25) is 14.9 Å². The van der Waals surface area contributed by atoms with Crippen LogP contribution in [0.1, 0.15) is 11.1 Å². The molecule has 1 aromatic carbocycles. The summed E-state index contributed by atoms with van der Waals surface area (Å²) in [6, 6.07) is 11.4. The van der Waals surface area contributed by atoms with Gasteiger partial charge in [0.1, 0.15) is 0 Å². The Kier molecular flexibility index (Phi) is 6.02. The third kappa shape index (κ3) is 4.54.